The van der Waals surface area contributed by atoms with Gasteiger partial charge in [-0.25, -0.2) is 4.68 Å². The number of hydrogen-bond acceptors (Lipinski definition) is 3. The summed E-state index contributed by atoms with van der Waals surface area (Å²) in [5.41, 5.74) is 2.24. The molecule has 1 fully saturated rings. The van der Waals surface area contributed by atoms with E-state index in [-0.39, 0.29) is 6.10 Å². The highest BCUT2D eigenvalue weighted by Crippen LogP contribution is 2.19. The van der Waals surface area contributed by atoms with E-state index in [4.69, 9.17) is 0 Å². The zero-order chi connectivity index (χ0) is 14.7. The summed E-state index contributed by atoms with van der Waals surface area (Å²) in [6.07, 6.45) is 7.82. The number of halogens is 1. The smallest absolute Gasteiger partial charge is 0.0646 e. The quantitative estimate of drug-likeness (QED) is 0.891. The van der Waals surface area contributed by atoms with Crippen molar-refractivity contribution in [2.75, 3.05) is 0 Å². The lowest BCUT2D eigenvalue weighted by Gasteiger charge is -2.26. The third-order valence-electron chi connectivity index (χ3n) is 4.02. The number of benzene rings is 1. The van der Waals surface area contributed by atoms with Gasteiger partial charge in [-0.1, -0.05) is 15.9 Å². The minimum Gasteiger partial charge on any atom is -0.393 e. The largest absolute Gasteiger partial charge is 0.393 e. The Morgan fingerprint density at radius 2 is 1.90 bits per heavy atom. The van der Waals surface area contributed by atoms with Gasteiger partial charge in [-0.15, -0.1) is 0 Å². The van der Waals surface area contributed by atoms with Gasteiger partial charge in [0.15, 0.2) is 0 Å². The molecule has 1 aliphatic carbocycles. The molecule has 1 aliphatic rings. The van der Waals surface area contributed by atoms with Gasteiger partial charge in [0, 0.05) is 28.8 Å². The first-order chi connectivity index (χ1) is 10.2. The number of aromatic nitrogens is 2. The molecule has 3 rings (SSSR count). The highest BCUT2D eigenvalue weighted by atomic mass is 79.9. The van der Waals surface area contributed by atoms with Crippen LogP contribution in [0.2, 0.25) is 0 Å². The first-order valence-electron chi connectivity index (χ1n) is 7.41. The van der Waals surface area contributed by atoms with Gasteiger partial charge in [-0.3, -0.25) is 0 Å². The van der Waals surface area contributed by atoms with E-state index in [1.165, 1.54) is 5.56 Å². The van der Waals surface area contributed by atoms with Crippen molar-refractivity contribution in [2.24, 2.45) is 0 Å². The predicted octanol–water partition coefficient (Wildman–Crippen LogP) is 3.03. The highest BCUT2D eigenvalue weighted by Gasteiger charge is 2.18. The normalized spacial score (nSPS) is 22.4. The third kappa shape index (κ3) is 3.93. The summed E-state index contributed by atoms with van der Waals surface area (Å²) in [6.45, 7) is 0.831. The van der Waals surface area contributed by atoms with Crippen molar-refractivity contribution in [3.8, 4) is 5.69 Å². The monoisotopic (exact) mass is 349 g/mol. The maximum Gasteiger partial charge on any atom is 0.0646 e. The Labute approximate surface area is 133 Å². The fraction of sp³-hybridized carbons (Fsp3) is 0.438. The topological polar surface area (TPSA) is 50.1 Å². The first kappa shape index (κ1) is 14.8. The minimum atomic E-state index is -0.0943. The molecule has 5 heteroatoms. The number of hydrogen-bond donors (Lipinski definition) is 2. The van der Waals surface area contributed by atoms with E-state index in [2.05, 4.69) is 32.5 Å². The molecule has 21 heavy (non-hydrogen) atoms. The fourth-order valence-electron chi connectivity index (χ4n) is 2.73. The van der Waals surface area contributed by atoms with E-state index in [0.717, 1.165) is 42.4 Å². The van der Waals surface area contributed by atoms with Crippen LogP contribution in [0.5, 0.6) is 0 Å². The van der Waals surface area contributed by atoms with Crippen molar-refractivity contribution in [2.45, 2.75) is 44.4 Å². The first-order valence-corrected chi connectivity index (χ1v) is 8.21. The number of aliphatic hydroxyl groups is 1. The summed E-state index contributed by atoms with van der Waals surface area (Å²) >= 11 is 3.44. The molecule has 1 saturated carbocycles. The standard InChI is InChI=1S/C16H20BrN3O/c17-13-1-5-15(6-2-13)20-11-12(10-19-20)9-18-14-3-7-16(21)8-4-14/h1-2,5-6,10-11,14,16,18,21H,3-4,7-9H2. The van der Waals surface area contributed by atoms with E-state index in [9.17, 15) is 5.11 Å². The zero-order valence-corrected chi connectivity index (χ0v) is 13.5. The van der Waals surface area contributed by atoms with Crippen LogP contribution in [0.25, 0.3) is 5.69 Å². The molecule has 0 unspecified atom stereocenters. The summed E-state index contributed by atoms with van der Waals surface area (Å²) in [7, 11) is 0. The molecule has 1 heterocycles. The molecule has 2 N–H and O–H groups in total. The van der Waals surface area contributed by atoms with Crippen molar-refractivity contribution in [1.29, 1.82) is 0 Å². The van der Waals surface area contributed by atoms with Crippen LogP contribution in [-0.4, -0.2) is 27.0 Å². The van der Waals surface area contributed by atoms with Crippen molar-refractivity contribution >= 4 is 15.9 Å². The molecular weight excluding hydrogens is 330 g/mol. The second-order valence-electron chi connectivity index (χ2n) is 5.66. The Morgan fingerprint density at radius 3 is 2.62 bits per heavy atom. The van der Waals surface area contributed by atoms with E-state index < -0.39 is 0 Å². The molecule has 2 aromatic rings. The maximum atomic E-state index is 9.52. The molecular formula is C16H20BrN3O. The van der Waals surface area contributed by atoms with Crippen molar-refractivity contribution in [3.63, 3.8) is 0 Å². The number of nitrogens with one attached hydrogen (secondary N) is 1. The van der Waals surface area contributed by atoms with Crippen LogP contribution >= 0.6 is 15.9 Å². The van der Waals surface area contributed by atoms with Crippen LogP contribution < -0.4 is 5.32 Å². The Kier molecular flexibility index (Phi) is 4.73. The van der Waals surface area contributed by atoms with Crippen LogP contribution in [0, 0.1) is 0 Å². The van der Waals surface area contributed by atoms with Gasteiger partial charge in [0.05, 0.1) is 18.0 Å². The summed E-state index contributed by atoms with van der Waals surface area (Å²) in [5.74, 6) is 0. The van der Waals surface area contributed by atoms with Crippen LogP contribution in [0.15, 0.2) is 41.1 Å². The molecule has 1 aromatic heterocycles. The molecule has 1 aromatic carbocycles. The fourth-order valence-corrected chi connectivity index (χ4v) is 2.99. The third-order valence-corrected chi connectivity index (χ3v) is 4.55. The Hall–Kier alpha value is -1.17. The molecule has 0 bridgehead atoms. The summed E-state index contributed by atoms with van der Waals surface area (Å²) < 4.78 is 2.97. The van der Waals surface area contributed by atoms with Crippen molar-refractivity contribution in [3.05, 3.63) is 46.7 Å². The Morgan fingerprint density at radius 1 is 1.19 bits per heavy atom. The molecule has 0 amide bonds. The average molecular weight is 350 g/mol. The molecule has 0 radical (unpaired) electrons. The Bertz CT molecular complexity index is 573. The van der Waals surface area contributed by atoms with Crippen molar-refractivity contribution in [1.82, 2.24) is 15.1 Å². The Balaban J connectivity index is 1.56. The molecule has 4 nitrogen and oxygen atoms in total. The number of aliphatic hydroxyl groups excluding tert-OH is 1. The van der Waals surface area contributed by atoms with Crippen LogP contribution in [0.4, 0.5) is 0 Å². The summed E-state index contributed by atoms with van der Waals surface area (Å²) in [6, 6.07) is 8.63. The summed E-state index contributed by atoms with van der Waals surface area (Å²) in [4.78, 5) is 0. The van der Waals surface area contributed by atoms with Gasteiger partial charge in [-0.05, 0) is 49.9 Å². The lowest BCUT2D eigenvalue weighted by Crippen LogP contribution is -2.34. The second-order valence-corrected chi connectivity index (χ2v) is 6.57. The molecule has 0 saturated heterocycles. The van der Waals surface area contributed by atoms with E-state index in [1.807, 2.05) is 35.1 Å². The van der Waals surface area contributed by atoms with Crippen LogP contribution in [0.1, 0.15) is 31.2 Å². The van der Waals surface area contributed by atoms with Crippen LogP contribution in [-0.2, 0) is 6.54 Å². The van der Waals surface area contributed by atoms with E-state index >= 15 is 0 Å². The zero-order valence-electron chi connectivity index (χ0n) is 11.9. The van der Waals surface area contributed by atoms with E-state index in [0.29, 0.717) is 6.04 Å². The molecule has 0 spiro atoms. The average Bonchev–Trinajstić information content (AvgIpc) is 2.96. The van der Waals surface area contributed by atoms with Gasteiger partial charge in [-0.2, -0.15) is 5.10 Å². The lowest BCUT2D eigenvalue weighted by molar-refractivity contribution is 0.116. The van der Waals surface area contributed by atoms with E-state index in [1.54, 1.807) is 0 Å². The van der Waals surface area contributed by atoms with Gasteiger partial charge < -0.3 is 10.4 Å². The molecule has 112 valence electrons. The SMILES string of the molecule is OC1CCC(NCc2cnn(-c3ccc(Br)cc3)c2)CC1. The van der Waals surface area contributed by atoms with Crippen molar-refractivity contribution < 1.29 is 5.11 Å². The number of nitrogens with zero attached hydrogens (tertiary/aromatic N) is 2. The lowest BCUT2D eigenvalue weighted by atomic mass is 9.93. The predicted molar refractivity (Wildman–Crippen MR) is 86.4 cm³/mol. The number of rotatable bonds is 4. The van der Waals surface area contributed by atoms with Gasteiger partial charge in [0.1, 0.15) is 0 Å². The molecule has 0 atom stereocenters. The van der Waals surface area contributed by atoms with Gasteiger partial charge in [0.2, 0.25) is 0 Å². The minimum absolute atomic E-state index is 0.0943. The maximum absolute atomic E-state index is 9.52. The van der Waals surface area contributed by atoms with Gasteiger partial charge >= 0.3 is 0 Å². The summed E-state index contributed by atoms with van der Waals surface area (Å²) in [5, 5.41) is 17.5. The van der Waals surface area contributed by atoms with Crippen LogP contribution in [0.3, 0.4) is 0 Å². The highest BCUT2D eigenvalue weighted by molar-refractivity contribution is 9.10. The molecule has 0 aliphatic heterocycles. The van der Waals surface area contributed by atoms with Gasteiger partial charge in [0.25, 0.3) is 0 Å². The second kappa shape index (κ2) is 6.73.